The van der Waals surface area contributed by atoms with Crippen molar-refractivity contribution in [2.75, 3.05) is 46.9 Å². The number of quaternary nitrogens is 1. The zero-order valence-corrected chi connectivity index (χ0v) is 51.2. The number of fused-ring (bicyclic) bond motifs is 2. The van der Waals surface area contributed by atoms with E-state index in [1.807, 2.05) is 48.5 Å². The molecule has 91 heavy (non-hydrogen) atoms. The van der Waals surface area contributed by atoms with Gasteiger partial charge in [-0.2, -0.15) is 0 Å². The average Bonchev–Trinajstić information content (AvgIpc) is 1.75. The van der Waals surface area contributed by atoms with E-state index in [9.17, 15) is 87.6 Å². The van der Waals surface area contributed by atoms with Gasteiger partial charge in [0.1, 0.15) is 72.6 Å². The Labute approximate surface area is 523 Å². The number of likely N-dealkylation sites (N-methyl/N-ethyl adjacent to an activating group) is 1. The molecule has 3 aliphatic rings. The number of phenolic OH excluding ortho intramolecular Hbond substituents is 1. The molecule has 3 saturated heterocycles. The Hall–Kier alpha value is -7.80. The number of nitrogens with zero attached hydrogens (tertiary/aromatic N) is 3. The number of benzene rings is 4. The van der Waals surface area contributed by atoms with E-state index in [0.29, 0.717) is 12.2 Å². The molecule has 0 spiro atoms. The number of aromatic hydroxyl groups is 1. The largest absolute Gasteiger partial charge is 0.560 e. The first-order valence-corrected chi connectivity index (χ1v) is 30.0. The number of unbranched alkanes of at least 4 members (excludes halogenated alkanes) is 2. The van der Waals surface area contributed by atoms with Gasteiger partial charge in [0.25, 0.3) is 5.91 Å². The number of aliphatic hydroxyl groups is 7. The molecule has 3 fully saturated rings. The van der Waals surface area contributed by atoms with Crippen molar-refractivity contribution in [1.82, 2.24) is 36.4 Å². The maximum Gasteiger partial charge on any atom is 0.560 e. The third kappa shape index (κ3) is 17.4. The van der Waals surface area contributed by atoms with Crippen molar-refractivity contribution in [3.8, 4) is 33.8 Å². The van der Waals surface area contributed by atoms with E-state index in [1.54, 1.807) is 12.1 Å². The lowest BCUT2D eigenvalue weighted by atomic mass is 9.96. The molecule has 0 aromatic heterocycles. The molecule has 3 heterocycles. The molecule has 0 aliphatic carbocycles. The predicted molar refractivity (Wildman–Crippen MR) is 320 cm³/mol. The van der Waals surface area contributed by atoms with Crippen molar-refractivity contribution in [2.24, 2.45) is 5.92 Å². The van der Waals surface area contributed by atoms with Crippen LogP contribution in [-0.2, 0) is 33.5 Å². The summed E-state index contributed by atoms with van der Waals surface area (Å²) in [5.41, 5.74) is 3.10. The molecule has 496 valence electrons. The molecule has 0 bridgehead atoms. The Morgan fingerprint density at radius 2 is 1.20 bits per heavy atom. The molecule has 28 heteroatoms. The van der Waals surface area contributed by atoms with Crippen molar-refractivity contribution >= 4 is 41.4 Å². The summed E-state index contributed by atoms with van der Waals surface area (Å²) in [6.07, 6.45) is -19.1. The third-order valence-electron chi connectivity index (χ3n) is 16.7. The fourth-order valence-corrected chi connectivity index (χ4v) is 10.9. The Morgan fingerprint density at radius 1 is 0.670 bits per heavy atom. The van der Waals surface area contributed by atoms with E-state index in [2.05, 4.69) is 33.5 Å². The number of alkyl halides is 3. The van der Waals surface area contributed by atoms with Crippen LogP contribution in [0.1, 0.15) is 81.8 Å². The third-order valence-corrected chi connectivity index (χ3v) is 16.7. The van der Waals surface area contributed by atoms with Crippen molar-refractivity contribution in [1.29, 1.82) is 0 Å². The minimum atomic E-state index is -4.85. The van der Waals surface area contributed by atoms with E-state index < -0.39 is 182 Å². The van der Waals surface area contributed by atoms with Crippen LogP contribution in [0.3, 0.4) is 0 Å². The SMILES string of the molecule is CCCCCOc1ccc(-c2ccc(-c3ccc(C(=O)N[C@H]4C[C@@H](O)[C@@H](OCC[N+](C)(C)C(F)(F)F)NC(=O)[C@@H]5[C@@H](O)[C@@H](C)CN5C(=O)[C@H]([C@@H](C)O)NC(=O)[C@H]([C@H](O)[C@@H](O)c5ccc(O)cc5)NC(=O)[C@@H]5C[C@@H](O)CN5C(=O)[C@H]([C@@H](C)O)NC4=O)cc3)cc2)cc1. The summed E-state index contributed by atoms with van der Waals surface area (Å²) in [6, 6.07) is 13.7. The minimum Gasteiger partial charge on any atom is -0.508 e. The van der Waals surface area contributed by atoms with Crippen molar-refractivity contribution in [3.63, 3.8) is 0 Å². The van der Waals surface area contributed by atoms with Gasteiger partial charge in [-0.15, -0.1) is 13.2 Å². The molecule has 13 N–H and O–H groups in total. The van der Waals surface area contributed by atoms with Gasteiger partial charge in [0.05, 0.1) is 51.7 Å². The number of hydrogen-bond donors (Lipinski definition) is 13. The van der Waals surface area contributed by atoms with Gasteiger partial charge in [0, 0.05) is 37.4 Å². The molecule has 4 aromatic carbocycles. The topological polar surface area (TPSA) is 366 Å². The molecule has 15 atom stereocenters. The quantitative estimate of drug-likeness (QED) is 0.0370. The number of hydrogen-bond acceptors (Lipinski definition) is 17. The van der Waals surface area contributed by atoms with Gasteiger partial charge in [0.2, 0.25) is 35.4 Å². The van der Waals surface area contributed by atoms with Crippen LogP contribution in [-0.4, -0.2) is 229 Å². The van der Waals surface area contributed by atoms with Crippen LogP contribution < -0.4 is 31.3 Å². The van der Waals surface area contributed by atoms with Crippen LogP contribution in [0, 0.1) is 5.92 Å². The number of ether oxygens (including phenoxy) is 2. The second-order valence-corrected chi connectivity index (χ2v) is 24.0. The first-order valence-electron chi connectivity index (χ1n) is 30.0. The van der Waals surface area contributed by atoms with Gasteiger partial charge >= 0.3 is 6.30 Å². The van der Waals surface area contributed by atoms with Gasteiger partial charge in [-0.3, -0.25) is 33.6 Å². The molecule has 7 rings (SSSR count). The highest BCUT2D eigenvalue weighted by atomic mass is 19.4. The normalized spacial score (nSPS) is 26.4. The molecule has 0 unspecified atom stereocenters. The maximum atomic E-state index is 14.8. The summed E-state index contributed by atoms with van der Waals surface area (Å²) >= 11 is 0. The van der Waals surface area contributed by atoms with Crippen molar-refractivity contribution in [2.45, 2.75) is 151 Å². The van der Waals surface area contributed by atoms with Crippen LogP contribution in [0.2, 0.25) is 0 Å². The molecular formula is C63H82F3N8O17+. The zero-order chi connectivity index (χ0) is 66.8. The number of amides is 7. The number of halogens is 3. The number of carbonyl (C=O) groups is 7. The number of carbonyl (C=O) groups excluding carboxylic acids is 7. The lowest BCUT2D eigenvalue weighted by Gasteiger charge is -2.34. The van der Waals surface area contributed by atoms with E-state index in [0.717, 1.165) is 91.6 Å². The summed E-state index contributed by atoms with van der Waals surface area (Å²) in [6.45, 7) is 3.43. The standard InChI is InChI=1S/C63H81F3N8O17/c1-7-8-9-27-90-44-24-20-39(21-25-44)37-12-10-36(11-13-37)38-14-16-41(17-15-38)55(83)67-45-30-47(79)60(91-28-26-74(5,6)63(64,65)66)71-59(87)51-52(80)33(2)31-73(51)62(89)49(35(4)76)69-58(86)50(54(82)53(81)40-18-22-42(77)23-19-40)70-57(85)46-29-43(78)32-72(46)61(88)48(34(3)75)68-56(45)84/h10-25,33-35,43,45-54,60,75-76,78-82H,7-9,26-32H2,1-6H3,(H5-,67,68,69,70,71,77,83,84,85,86,87)/p+1/t33-,34+,35+,43+,45-,46-,47+,48-,49-,50-,51-,52-,53-,54-,60+/m0/s1. The summed E-state index contributed by atoms with van der Waals surface area (Å²) in [7, 11) is 1.60. The molecule has 0 radical (unpaired) electrons. The lowest BCUT2D eigenvalue weighted by molar-refractivity contribution is -0.997. The highest BCUT2D eigenvalue weighted by Crippen LogP contribution is 2.31. The predicted octanol–water partition coefficient (Wildman–Crippen LogP) is 0.693. The van der Waals surface area contributed by atoms with Crippen LogP contribution in [0.5, 0.6) is 11.5 Å². The van der Waals surface area contributed by atoms with Crippen molar-refractivity contribution < 1.29 is 102 Å². The molecule has 7 amide bonds. The van der Waals surface area contributed by atoms with Crippen LogP contribution >= 0.6 is 0 Å². The Kier molecular flexibility index (Phi) is 23.7. The first-order chi connectivity index (χ1) is 42.9. The van der Waals surface area contributed by atoms with E-state index in [-0.39, 0.29) is 16.9 Å². The fourth-order valence-electron chi connectivity index (χ4n) is 10.9. The molecular weight excluding hydrogens is 1200 g/mol. The molecule has 25 nitrogen and oxygen atoms in total. The zero-order valence-electron chi connectivity index (χ0n) is 51.2. The Balaban J connectivity index is 1.25. The van der Waals surface area contributed by atoms with Gasteiger partial charge in [-0.1, -0.05) is 87.4 Å². The highest BCUT2D eigenvalue weighted by molar-refractivity contribution is 6.00. The van der Waals surface area contributed by atoms with Crippen LogP contribution in [0.25, 0.3) is 22.3 Å². The number of phenols is 1. The summed E-state index contributed by atoms with van der Waals surface area (Å²) < 4.78 is 52.4. The molecule has 3 aliphatic heterocycles. The average molecular weight is 1280 g/mol. The minimum absolute atomic E-state index is 0.0603. The summed E-state index contributed by atoms with van der Waals surface area (Å²) in [5, 5.41) is 102. The van der Waals surface area contributed by atoms with Gasteiger partial charge in [-0.05, 0) is 84.5 Å². The van der Waals surface area contributed by atoms with E-state index in [1.165, 1.54) is 31.2 Å². The van der Waals surface area contributed by atoms with Crippen molar-refractivity contribution in [3.05, 3.63) is 108 Å². The van der Waals surface area contributed by atoms with Crippen LogP contribution in [0.15, 0.2) is 97.1 Å². The number of rotatable bonds is 18. The number of aliphatic hydroxyl groups excluding tert-OH is 7. The second kappa shape index (κ2) is 30.5. The maximum absolute atomic E-state index is 14.8. The van der Waals surface area contributed by atoms with Gasteiger partial charge in [0.15, 0.2) is 6.23 Å². The second-order valence-electron chi connectivity index (χ2n) is 24.0. The van der Waals surface area contributed by atoms with Crippen LogP contribution in [0.4, 0.5) is 13.2 Å². The smallest absolute Gasteiger partial charge is 0.508 e. The molecule has 4 aromatic rings. The highest BCUT2D eigenvalue weighted by Gasteiger charge is 2.52. The van der Waals surface area contributed by atoms with Gasteiger partial charge in [-0.25, -0.2) is 4.48 Å². The monoisotopic (exact) mass is 1280 g/mol. The van der Waals surface area contributed by atoms with E-state index in [4.69, 9.17) is 9.47 Å². The lowest BCUT2D eigenvalue weighted by Crippen LogP contribution is -2.64. The first kappa shape index (κ1) is 70.7. The Morgan fingerprint density at radius 3 is 1.75 bits per heavy atom. The Bertz CT molecular complexity index is 3160. The molecule has 0 saturated carbocycles. The summed E-state index contributed by atoms with van der Waals surface area (Å²) in [4.78, 5) is 104. The van der Waals surface area contributed by atoms with Gasteiger partial charge < -0.3 is 86.7 Å². The summed E-state index contributed by atoms with van der Waals surface area (Å²) in [5.74, 6) is -9.30. The van der Waals surface area contributed by atoms with E-state index >= 15 is 0 Å². The fraction of sp³-hybridized carbons (Fsp3) is 0.508. The number of nitrogens with one attached hydrogen (secondary N) is 5.